The Kier molecular flexibility index (Phi) is 5.38. The third-order valence-electron chi connectivity index (χ3n) is 4.74. The van der Waals surface area contributed by atoms with E-state index in [1.54, 1.807) is 47.0 Å². The van der Waals surface area contributed by atoms with Crippen molar-refractivity contribution in [1.82, 2.24) is 19.9 Å². The number of hydrogen-bond acceptors (Lipinski definition) is 6. The van der Waals surface area contributed by atoms with E-state index in [1.807, 2.05) is 23.6 Å². The molecule has 7 nitrogen and oxygen atoms in total. The molecule has 4 heterocycles. The van der Waals surface area contributed by atoms with E-state index in [-0.39, 0.29) is 17.7 Å². The minimum absolute atomic E-state index is 0.0945. The predicted octanol–water partition coefficient (Wildman–Crippen LogP) is 3.09. The number of hydrogen-bond donors (Lipinski definition) is 1. The van der Waals surface area contributed by atoms with Crippen molar-refractivity contribution in [2.45, 2.75) is 12.8 Å². The second-order valence-electron chi connectivity index (χ2n) is 6.54. The molecule has 1 aliphatic heterocycles. The Morgan fingerprint density at radius 2 is 1.82 bits per heavy atom. The number of aromatic nitrogens is 3. The molecule has 1 saturated heterocycles. The second-order valence-corrected chi connectivity index (χ2v) is 7.49. The molecule has 0 aliphatic carbocycles. The van der Waals surface area contributed by atoms with Crippen LogP contribution in [0, 0.1) is 5.92 Å². The quantitative estimate of drug-likeness (QED) is 0.736. The van der Waals surface area contributed by atoms with E-state index in [2.05, 4.69) is 20.3 Å². The van der Waals surface area contributed by atoms with Gasteiger partial charge in [-0.25, -0.2) is 9.97 Å². The molecule has 0 saturated carbocycles. The number of thiophene rings is 1. The van der Waals surface area contributed by atoms with Crippen LogP contribution in [0.25, 0.3) is 10.4 Å². The topological polar surface area (TPSA) is 88.1 Å². The zero-order valence-corrected chi connectivity index (χ0v) is 15.9. The monoisotopic (exact) mass is 393 g/mol. The fraction of sp³-hybridized carbons (Fsp3) is 0.250. The predicted molar refractivity (Wildman–Crippen MR) is 107 cm³/mol. The van der Waals surface area contributed by atoms with Gasteiger partial charge in [0.05, 0.1) is 0 Å². The van der Waals surface area contributed by atoms with Crippen LogP contribution in [-0.4, -0.2) is 44.8 Å². The third kappa shape index (κ3) is 4.07. The Labute approximate surface area is 166 Å². The maximum Gasteiger partial charge on any atom is 0.272 e. The van der Waals surface area contributed by atoms with Crippen molar-refractivity contribution in [3.8, 4) is 10.4 Å². The van der Waals surface area contributed by atoms with Gasteiger partial charge in [0.2, 0.25) is 11.9 Å². The van der Waals surface area contributed by atoms with Crippen molar-refractivity contribution in [2.75, 3.05) is 18.4 Å². The summed E-state index contributed by atoms with van der Waals surface area (Å²) in [6.07, 6.45) is 6.12. The molecular weight excluding hydrogens is 374 g/mol. The summed E-state index contributed by atoms with van der Waals surface area (Å²) in [4.78, 5) is 40.3. The van der Waals surface area contributed by atoms with Gasteiger partial charge in [-0.1, -0.05) is 6.07 Å². The van der Waals surface area contributed by atoms with Gasteiger partial charge in [-0.05, 0) is 42.5 Å². The highest BCUT2D eigenvalue weighted by atomic mass is 32.1. The van der Waals surface area contributed by atoms with Crippen LogP contribution in [-0.2, 0) is 4.79 Å². The van der Waals surface area contributed by atoms with Crippen LogP contribution in [0.15, 0.2) is 54.3 Å². The van der Waals surface area contributed by atoms with E-state index < -0.39 is 0 Å². The molecule has 3 aromatic heterocycles. The van der Waals surface area contributed by atoms with Gasteiger partial charge in [0.25, 0.3) is 5.91 Å². The van der Waals surface area contributed by atoms with Crippen molar-refractivity contribution < 1.29 is 9.59 Å². The third-order valence-corrected chi connectivity index (χ3v) is 5.66. The van der Waals surface area contributed by atoms with Crippen LogP contribution in [0.3, 0.4) is 0 Å². The Bertz CT molecular complexity index is 936. The van der Waals surface area contributed by atoms with Crippen molar-refractivity contribution in [2.24, 2.45) is 5.92 Å². The van der Waals surface area contributed by atoms with Crippen molar-refractivity contribution in [3.05, 3.63) is 60.0 Å². The lowest BCUT2D eigenvalue weighted by molar-refractivity contribution is -0.121. The zero-order valence-electron chi connectivity index (χ0n) is 15.1. The molecule has 2 amide bonds. The maximum atomic E-state index is 12.7. The van der Waals surface area contributed by atoms with Crippen LogP contribution in [0.5, 0.6) is 0 Å². The number of rotatable bonds is 4. The van der Waals surface area contributed by atoms with Gasteiger partial charge < -0.3 is 4.90 Å². The van der Waals surface area contributed by atoms with E-state index in [0.29, 0.717) is 37.6 Å². The molecule has 0 bridgehead atoms. The van der Waals surface area contributed by atoms with E-state index in [9.17, 15) is 9.59 Å². The summed E-state index contributed by atoms with van der Waals surface area (Å²) >= 11 is 1.64. The van der Waals surface area contributed by atoms with Crippen LogP contribution >= 0.6 is 11.3 Å². The molecular formula is C20H19N5O2S. The minimum Gasteiger partial charge on any atom is -0.337 e. The molecule has 3 aromatic rings. The molecule has 0 spiro atoms. The fourth-order valence-electron chi connectivity index (χ4n) is 3.19. The fourth-order valence-corrected chi connectivity index (χ4v) is 3.91. The minimum atomic E-state index is -0.151. The van der Waals surface area contributed by atoms with Gasteiger partial charge in [-0.15, -0.1) is 11.3 Å². The van der Waals surface area contributed by atoms with E-state index >= 15 is 0 Å². The molecule has 0 atom stereocenters. The average Bonchev–Trinajstić information content (AvgIpc) is 3.29. The Balaban J connectivity index is 1.33. The van der Waals surface area contributed by atoms with Crippen LogP contribution in [0.2, 0.25) is 0 Å². The first-order valence-corrected chi connectivity index (χ1v) is 9.96. The number of anilines is 1. The van der Waals surface area contributed by atoms with Gasteiger partial charge in [-0.3, -0.25) is 19.9 Å². The molecule has 142 valence electrons. The number of piperidine rings is 1. The molecule has 28 heavy (non-hydrogen) atoms. The number of pyridine rings is 1. The summed E-state index contributed by atoms with van der Waals surface area (Å²) in [6.45, 7) is 1.06. The lowest BCUT2D eigenvalue weighted by atomic mass is 9.95. The molecule has 4 rings (SSSR count). The Morgan fingerprint density at radius 1 is 1.04 bits per heavy atom. The van der Waals surface area contributed by atoms with Crippen LogP contribution < -0.4 is 5.32 Å². The number of likely N-dealkylation sites (tertiary alicyclic amines) is 1. The van der Waals surface area contributed by atoms with E-state index in [0.717, 1.165) is 10.4 Å². The lowest BCUT2D eigenvalue weighted by Crippen LogP contribution is -2.41. The highest BCUT2D eigenvalue weighted by Crippen LogP contribution is 2.24. The first-order chi connectivity index (χ1) is 13.7. The van der Waals surface area contributed by atoms with Gasteiger partial charge in [-0.2, -0.15) is 0 Å². The first kappa shape index (κ1) is 18.2. The summed E-state index contributed by atoms with van der Waals surface area (Å²) in [5.41, 5.74) is 1.44. The van der Waals surface area contributed by atoms with Crippen molar-refractivity contribution in [1.29, 1.82) is 0 Å². The van der Waals surface area contributed by atoms with Crippen LogP contribution in [0.1, 0.15) is 23.3 Å². The summed E-state index contributed by atoms with van der Waals surface area (Å²) in [6, 6.07) is 9.40. The SMILES string of the molecule is O=C(Nc1ncccn1)C1CCN(C(=O)c2ccc(-c3cccs3)cn2)CC1. The van der Waals surface area contributed by atoms with Gasteiger partial charge >= 0.3 is 0 Å². The number of nitrogens with zero attached hydrogens (tertiary/aromatic N) is 4. The van der Waals surface area contributed by atoms with E-state index in [4.69, 9.17) is 0 Å². The summed E-state index contributed by atoms with van der Waals surface area (Å²) < 4.78 is 0. The van der Waals surface area contributed by atoms with Gasteiger partial charge in [0, 0.05) is 48.0 Å². The largest absolute Gasteiger partial charge is 0.337 e. The first-order valence-electron chi connectivity index (χ1n) is 9.08. The molecule has 0 radical (unpaired) electrons. The second kappa shape index (κ2) is 8.26. The summed E-state index contributed by atoms with van der Waals surface area (Å²) in [7, 11) is 0. The molecule has 1 N–H and O–H groups in total. The number of carbonyl (C=O) groups is 2. The average molecular weight is 393 g/mol. The van der Waals surface area contributed by atoms with Crippen molar-refractivity contribution >= 4 is 29.1 Å². The van der Waals surface area contributed by atoms with Crippen molar-refractivity contribution in [3.63, 3.8) is 0 Å². The standard InChI is InChI=1S/C20H19N5O2S/c26-18(24-20-21-8-2-9-22-20)14-6-10-25(11-7-14)19(27)16-5-4-15(13-23-16)17-3-1-12-28-17/h1-5,8-9,12-14H,6-7,10-11H2,(H,21,22,24,26). The normalized spacial score (nSPS) is 14.6. The Morgan fingerprint density at radius 3 is 2.46 bits per heavy atom. The Hall–Kier alpha value is -3.13. The molecule has 0 aromatic carbocycles. The maximum absolute atomic E-state index is 12.7. The number of nitrogens with one attached hydrogen (secondary N) is 1. The summed E-state index contributed by atoms with van der Waals surface area (Å²) in [5.74, 6) is -0.0391. The van der Waals surface area contributed by atoms with Crippen LogP contribution in [0.4, 0.5) is 5.95 Å². The molecule has 0 unspecified atom stereocenters. The highest BCUT2D eigenvalue weighted by Gasteiger charge is 2.28. The molecule has 8 heteroatoms. The number of amides is 2. The smallest absolute Gasteiger partial charge is 0.272 e. The molecule has 1 fully saturated rings. The molecule has 1 aliphatic rings. The lowest BCUT2D eigenvalue weighted by Gasteiger charge is -2.31. The van der Waals surface area contributed by atoms with Gasteiger partial charge in [0.1, 0.15) is 5.69 Å². The van der Waals surface area contributed by atoms with Gasteiger partial charge in [0.15, 0.2) is 0 Å². The zero-order chi connectivity index (χ0) is 19.3. The summed E-state index contributed by atoms with van der Waals surface area (Å²) in [5, 5.41) is 4.74. The number of carbonyl (C=O) groups excluding carboxylic acids is 2. The highest BCUT2D eigenvalue weighted by molar-refractivity contribution is 7.13. The van der Waals surface area contributed by atoms with E-state index in [1.165, 1.54) is 0 Å².